The van der Waals surface area contributed by atoms with Gasteiger partial charge in [-0.15, -0.1) is 0 Å². The first-order chi connectivity index (χ1) is 13.6. The summed E-state index contributed by atoms with van der Waals surface area (Å²) in [6.45, 7) is 2.31. The quantitative estimate of drug-likeness (QED) is 0.497. The van der Waals surface area contributed by atoms with Gasteiger partial charge in [-0.3, -0.25) is 9.59 Å². The predicted molar refractivity (Wildman–Crippen MR) is 109 cm³/mol. The zero-order valence-electron chi connectivity index (χ0n) is 15.7. The minimum absolute atomic E-state index is 0.0457. The van der Waals surface area contributed by atoms with Crippen LogP contribution in [0.3, 0.4) is 0 Å². The molecule has 0 saturated carbocycles. The van der Waals surface area contributed by atoms with Crippen LogP contribution in [-0.4, -0.2) is 18.4 Å². The standard InChI is InChI=1S/C24H21NO3/c1-17-7-5-6-10-22(17)25-16-20(15-23(25)26)24(27)28-21-13-11-19(12-14-21)18-8-3-2-4-9-18/h2-14,20H,15-16H2,1H3/t20-/m0/s1. The molecule has 1 saturated heterocycles. The minimum atomic E-state index is -0.457. The Labute approximate surface area is 164 Å². The second-order valence-corrected chi connectivity index (χ2v) is 7.00. The number of carbonyl (C=O) groups excluding carboxylic acids is 2. The molecule has 0 bridgehead atoms. The van der Waals surface area contributed by atoms with E-state index >= 15 is 0 Å². The second kappa shape index (κ2) is 7.69. The van der Waals surface area contributed by atoms with Gasteiger partial charge < -0.3 is 9.64 Å². The number of anilines is 1. The van der Waals surface area contributed by atoms with Crippen LogP contribution >= 0.6 is 0 Å². The third kappa shape index (κ3) is 3.67. The highest BCUT2D eigenvalue weighted by Crippen LogP contribution is 2.29. The Morgan fingerprint density at radius 2 is 1.54 bits per heavy atom. The van der Waals surface area contributed by atoms with E-state index in [0.29, 0.717) is 12.3 Å². The van der Waals surface area contributed by atoms with Gasteiger partial charge in [0.2, 0.25) is 5.91 Å². The number of carbonyl (C=O) groups is 2. The van der Waals surface area contributed by atoms with Gasteiger partial charge in [0.05, 0.1) is 5.92 Å². The summed E-state index contributed by atoms with van der Waals surface area (Å²) >= 11 is 0. The Hall–Kier alpha value is -3.40. The molecule has 4 rings (SSSR count). The number of hydrogen-bond donors (Lipinski definition) is 0. The summed E-state index contributed by atoms with van der Waals surface area (Å²) in [7, 11) is 0. The van der Waals surface area contributed by atoms with Crippen LogP contribution in [0, 0.1) is 12.8 Å². The first-order valence-corrected chi connectivity index (χ1v) is 9.35. The van der Waals surface area contributed by atoms with Crippen molar-refractivity contribution in [1.82, 2.24) is 0 Å². The Bertz CT molecular complexity index is 996. The zero-order chi connectivity index (χ0) is 19.5. The maximum Gasteiger partial charge on any atom is 0.316 e. The fourth-order valence-electron chi connectivity index (χ4n) is 3.51. The average Bonchev–Trinajstić information content (AvgIpc) is 3.11. The van der Waals surface area contributed by atoms with E-state index < -0.39 is 5.92 Å². The molecule has 1 atom stereocenters. The van der Waals surface area contributed by atoms with Crippen molar-refractivity contribution in [3.05, 3.63) is 84.4 Å². The minimum Gasteiger partial charge on any atom is -0.426 e. The lowest BCUT2D eigenvalue weighted by atomic mass is 10.1. The molecule has 28 heavy (non-hydrogen) atoms. The maximum absolute atomic E-state index is 12.6. The van der Waals surface area contributed by atoms with Crippen molar-refractivity contribution in [1.29, 1.82) is 0 Å². The monoisotopic (exact) mass is 371 g/mol. The summed E-state index contributed by atoms with van der Waals surface area (Å²) in [6.07, 6.45) is 0.176. The van der Waals surface area contributed by atoms with Crippen molar-refractivity contribution in [2.75, 3.05) is 11.4 Å². The van der Waals surface area contributed by atoms with Gasteiger partial charge in [0, 0.05) is 18.7 Å². The smallest absolute Gasteiger partial charge is 0.316 e. The molecule has 1 aliphatic heterocycles. The zero-order valence-corrected chi connectivity index (χ0v) is 15.7. The largest absolute Gasteiger partial charge is 0.426 e. The van der Waals surface area contributed by atoms with Gasteiger partial charge in [-0.05, 0) is 41.8 Å². The van der Waals surface area contributed by atoms with Crippen LogP contribution in [0.1, 0.15) is 12.0 Å². The second-order valence-electron chi connectivity index (χ2n) is 7.00. The first-order valence-electron chi connectivity index (χ1n) is 9.35. The van der Waals surface area contributed by atoms with Crippen LogP contribution in [0.5, 0.6) is 5.75 Å². The number of ether oxygens (including phenoxy) is 1. The van der Waals surface area contributed by atoms with Crippen molar-refractivity contribution < 1.29 is 14.3 Å². The van der Waals surface area contributed by atoms with Gasteiger partial charge in [0.25, 0.3) is 0 Å². The Balaban J connectivity index is 1.43. The van der Waals surface area contributed by atoms with Crippen molar-refractivity contribution in [3.63, 3.8) is 0 Å². The lowest BCUT2D eigenvalue weighted by Gasteiger charge is -2.18. The highest BCUT2D eigenvalue weighted by Gasteiger charge is 2.36. The van der Waals surface area contributed by atoms with E-state index in [9.17, 15) is 9.59 Å². The maximum atomic E-state index is 12.6. The van der Waals surface area contributed by atoms with E-state index in [1.165, 1.54) is 0 Å². The topological polar surface area (TPSA) is 46.6 Å². The van der Waals surface area contributed by atoms with E-state index in [1.54, 1.807) is 17.0 Å². The summed E-state index contributed by atoms with van der Waals surface area (Å²) in [4.78, 5) is 26.7. The molecule has 1 fully saturated rings. The van der Waals surface area contributed by atoms with E-state index in [1.807, 2.05) is 73.7 Å². The Kier molecular flexibility index (Phi) is 4.94. The number of hydrogen-bond acceptors (Lipinski definition) is 3. The molecule has 0 spiro atoms. The number of amides is 1. The molecular formula is C24H21NO3. The molecule has 4 heteroatoms. The molecule has 0 N–H and O–H groups in total. The molecule has 1 heterocycles. The molecule has 1 aliphatic rings. The van der Waals surface area contributed by atoms with E-state index in [0.717, 1.165) is 22.4 Å². The van der Waals surface area contributed by atoms with E-state index in [2.05, 4.69) is 0 Å². The number of para-hydroxylation sites is 1. The van der Waals surface area contributed by atoms with Crippen molar-refractivity contribution in [3.8, 4) is 16.9 Å². The summed E-state index contributed by atoms with van der Waals surface area (Å²) in [5, 5.41) is 0. The molecule has 0 aliphatic carbocycles. The molecule has 0 radical (unpaired) electrons. The number of nitrogens with zero attached hydrogens (tertiary/aromatic N) is 1. The molecule has 0 aromatic heterocycles. The fourth-order valence-corrected chi connectivity index (χ4v) is 3.51. The van der Waals surface area contributed by atoms with Gasteiger partial charge >= 0.3 is 5.97 Å². The molecule has 140 valence electrons. The van der Waals surface area contributed by atoms with Crippen molar-refractivity contribution in [2.45, 2.75) is 13.3 Å². The number of rotatable bonds is 4. The molecule has 0 unspecified atom stereocenters. The van der Waals surface area contributed by atoms with Gasteiger partial charge in [-0.1, -0.05) is 60.7 Å². The third-order valence-corrected chi connectivity index (χ3v) is 5.04. The van der Waals surface area contributed by atoms with Crippen LogP contribution in [-0.2, 0) is 9.59 Å². The van der Waals surface area contributed by atoms with E-state index in [4.69, 9.17) is 4.74 Å². The number of benzene rings is 3. The molecule has 3 aromatic rings. The van der Waals surface area contributed by atoms with Crippen LogP contribution in [0.4, 0.5) is 5.69 Å². The van der Waals surface area contributed by atoms with Gasteiger partial charge in [0.15, 0.2) is 0 Å². The van der Waals surface area contributed by atoms with Crippen LogP contribution in [0.2, 0.25) is 0 Å². The van der Waals surface area contributed by atoms with Crippen LogP contribution < -0.4 is 9.64 Å². The SMILES string of the molecule is Cc1ccccc1N1C[C@@H](C(=O)Oc2ccc(-c3ccccc3)cc2)CC1=O. The van der Waals surface area contributed by atoms with Crippen LogP contribution in [0.25, 0.3) is 11.1 Å². The van der Waals surface area contributed by atoms with Crippen molar-refractivity contribution in [2.24, 2.45) is 5.92 Å². The lowest BCUT2D eigenvalue weighted by molar-refractivity contribution is -0.139. The van der Waals surface area contributed by atoms with Gasteiger partial charge in [-0.2, -0.15) is 0 Å². The summed E-state index contributed by atoms with van der Waals surface area (Å²) in [5.74, 6) is -0.375. The number of esters is 1. The molecular weight excluding hydrogens is 350 g/mol. The molecule has 4 nitrogen and oxygen atoms in total. The lowest BCUT2D eigenvalue weighted by Crippen LogP contribution is -2.27. The first kappa shape index (κ1) is 18.0. The highest BCUT2D eigenvalue weighted by molar-refractivity contribution is 6.00. The van der Waals surface area contributed by atoms with Crippen LogP contribution in [0.15, 0.2) is 78.9 Å². The molecule has 1 amide bonds. The fraction of sp³-hybridized carbons (Fsp3) is 0.167. The summed E-state index contributed by atoms with van der Waals surface area (Å²) in [6, 6.07) is 25.1. The van der Waals surface area contributed by atoms with E-state index in [-0.39, 0.29) is 18.3 Å². The normalized spacial score (nSPS) is 16.2. The van der Waals surface area contributed by atoms with Gasteiger partial charge in [0.1, 0.15) is 5.75 Å². The predicted octanol–water partition coefficient (Wildman–Crippen LogP) is 4.62. The third-order valence-electron chi connectivity index (χ3n) is 5.04. The van der Waals surface area contributed by atoms with Gasteiger partial charge in [-0.25, -0.2) is 0 Å². The summed E-state index contributed by atoms with van der Waals surface area (Å²) in [5.41, 5.74) is 4.04. The molecule has 3 aromatic carbocycles. The summed E-state index contributed by atoms with van der Waals surface area (Å²) < 4.78 is 5.53. The average molecular weight is 371 g/mol. The van der Waals surface area contributed by atoms with Crippen molar-refractivity contribution >= 4 is 17.6 Å². The Morgan fingerprint density at radius 1 is 0.893 bits per heavy atom. The highest BCUT2D eigenvalue weighted by atomic mass is 16.5. The number of aryl methyl sites for hydroxylation is 1. The Morgan fingerprint density at radius 3 is 2.25 bits per heavy atom.